The Labute approximate surface area is 134 Å². The van der Waals surface area contributed by atoms with Crippen LogP contribution in [0.2, 0.25) is 0 Å². The smallest absolute Gasteiger partial charge is 0.242 e. The molecule has 2 rings (SSSR count). The summed E-state index contributed by atoms with van der Waals surface area (Å²) in [5.41, 5.74) is 0.972. The van der Waals surface area contributed by atoms with Gasteiger partial charge in [0.25, 0.3) is 0 Å². The van der Waals surface area contributed by atoms with Crippen molar-refractivity contribution in [3.63, 3.8) is 0 Å². The summed E-state index contributed by atoms with van der Waals surface area (Å²) in [6.07, 6.45) is 2.17. The van der Waals surface area contributed by atoms with Crippen LogP contribution in [0.5, 0.6) is 0 Å². The quantitative estimate of drug-likeness (QED) is 0.776. The Bertz CT molecular complexity index is 676. The number of hydrogen-bond acceptors (Lipinski definition) is 6. The van der Waals surface area contributed by atoms with Gasteiger partial charge in [-0.25, -0.2) is 8.42 Å². The normalized spacial score (nSPS) is 19.0. The number of carbonyl (C=O) groups is 2. The van der Waals surface area contributed by atoms with Crippen molar-refractivity contribution in [1.82, 2.24) is 15.8 Å². The van der Waals surface area contributed by atoms with E-state index in [9.17, 15) is 18.0 Å². The molecule has 1 aromatic rings. The molecule has 0 bridgehead atoms. The molecule has 1 aliphatic rings. The molecular weight excluding hydrogens is 322 g/mol. The van der Waals surface area contributed by atoms with Crippen LogP contribution in [0.15, 0.2) is 4.52 Å². The number of nitrogens with zero attached hydrogens (tertiary/aromatic N) is 1. The minimum absolute atomic E-state index is 0.265. The van der Waals surface area contributed by atoms with Gasteiger partial charge in [-0.1, -0.05) is 5.16 Å². The molecule has 128 valence electrons. The second kappa shape index (κ2) is 7.12. The molecule has 1 atom stereocenters. The Balaban J connectivity index is 1.97. The van der Waals surface area contributed by atoms with Crippen LogP contribution in [0, 0.1) is 13.8 Å². The molecular formula is C14H21N3O5S. The van der Waals surface area contributed by atoms with Crippen LogP contribution < -0.4 is 10.6 Å². The summed E-state index contributed by atoms with van der Waals surface area (Å²) in [7, 11) is -3.67. The first-order chi connectivity index (χ1) is 10.8. The molecule has 0 spiro atoms. The van der Waals surface area contributed by atoms with E-state index in [1.54, 1.807) is 13.8 Å². The molecule has 8 nitrogen and oxygen atoms in total. The van der Waals surface area contributed by atoms with E-state index in [2.05, 4.69) is 15.8 Å². The SMILES string of the molecule is Cc1noc(C)c1CS(=O)(=O)CC(=O)NC1CCCCNC1=O. The number of nitrogens with one attached hydrogen (secondary N) is 2. The zero-order chi connectivity index (χ0) is 17.0. The van der Waals surface area contributed by atoms with Gasteiger partial charge in [-0.3, -0.25) is 9.59 Å². The molecule has 1 unspecified atom stereocenters. The maximum Gasteiger partial charge on any atom is 0.242 e. The average molecular weight is 343 g/mol. The zero-order valence-corrected chi connectivity index (χ0v) is 14.0. The largest absolute Gasteiger partial charge is 0.361 e. The lowest BCUT2D eigenvalue weighted by molar-refractivity contribution is -0.127. The van der Waals surface area contributed by atoms with Gasteiger partial charge in [-0.2, -0.15) is 0 Å². The van der Waals surface area contributed by atoms with E-state index in [0.717, 1.165) is 12.8 Å². The van der Waals surface area contributed by atoms with Crippen molar-refractivity contribution >= 4 is 21.7 Å². The summed E-state index contributed by atoms with van der Waals surface area (Å²) in [6, 6.07) is -0.667. The second-order valence-electron chi connectivity index (χ2n) is 5.74. The molecule has 1 aromatic heterocycles. The number of aryl methyl sites for hydroxylation is 2. The van der Waals surface area contributed by atoms with Crippen LogP contribution in [-0.4, -0.2) is 43.7 Å². The second-order valence-corrected chi connectivity index (χ2v) is 7.81. The molecule has 0 aromatic carbocycles. The van der Waals surface area contributed by atoms with E-state index >= 15 is 0 Å². The van der Waals surface area contributed by atoms with Crippen molar-refractivity contribution in [2.24, 2.45) is 0 Å². The van der Waals surface area contributed by atoms with Gasteiger partial charge >= 0.3 is 0 Å². The average Bonchev–Trinajstić information content (AvgIpc) is 2.64. The third-order valence-corrected chi connectivity index (χ3v) is 5.20. The molecule has 2 N–H and O–H groups in total. The maximum absolute atomic E-state index is 12.2. The van der Waals surface area contributed by atoms with Crippen LogP contribution >= 0.6 is 0 Å². The van der Waals surface area contributed by atoms with Gasteiger partial charge in [-0.15, -0.1) is 0 Å². The summed E-state index contributed by atoms with van der Waals surface area (Å²) < 4.78 is 29.3. The number of carbonyl (C=O) groups excluding carboxylic acids is 2. The lowest BCUT2D eigenvalue weighted by Crippen LogP contribution is -2.47. The fourth-order valence-electron chi connectivity index (χ4n) is 2.49. The molecule has 23 heavy (non-hydrogen) atoms. The summed E-state index contributed by atoms with van der Waals surface area (Å²) in [4.78, 5) is 23.7. The van der Waals surface area contributed by atoms with Crippen LogP contribution in [0.3, 0.4) is 0 Å². The first-order valence-electron chi connectivity index (χ1n) is 7.48. The topological polar surface area (TPSA) is 118 Å². The molecule has 1 aliphatic heterocycles. The van der Waals surface area contributed by atoms with E-state index in [1.165, 1.54) is 0 Å². The van der Waals surface area contributed by atoms with Gasteiger partial charge in [0, 0.05) is 12.1 Å². The van der Waals surface area contributed by atoms with E-state index in [1.807, 2.05) is 0 Å². The van der Waals surface area contributed by atoms with Gasteiger partial charge in [-0.05, 0) is 33.1 Å². The summed E-state index contributed by atoms with van der Waals surface area (Å²) in [6.45, 7) is 3.85. The first-order valence-corrected chi connectivity index (χ1v) is 9.30. The molecule has 2 amide bonds. The minimum Gasteiger partial charge on any atom is -0.361 e. The van der Waals surface area contributed by atoms with Gasteiger partial charge in [0.2, 0.25) is 11.8 Å². The fourth-order valence-corrected chi connectivity index (χ4v) is 3.93. The zero-order valence-electron chi connectivity index (χ0n) is 13.2. The van der Waals surface area contributed by atoms with E-state index in [4.69, 9.17) is 4.52 Å². The Morgan fingerprint density at radius 2 is 2.13 bits per heavy atom. The summed E-state index contributed by atoms with van der Waals surface area (Å²) in [5.74, 6) is -1.48. The highest BCUT2D eigenvalue weighted by atomic mass is 32.2. The van der Waals surface area contributed by atoms with Gasteiger partial charge in [0.05, 0.1) is 11.4 Å². The van der Waals surface area contributed by atoms with Gasteiger partial charge in [0.1, 0.15) is 17.6 Å². The van der Waals surface area contributed by atoms with Gasteiger partial charge in [0.15, 0.2) is 9.84 Å². The van der Waals surface area contributed by atoms with Crippen LogP contribution in [-0.2, 0) is 25.2 Å². The standard InChI is InChI=1S/C14H21N3O5S/c1-9-11(10(2)22-17-9)7-23(20,21)8-13(18)16-12-5-3-4-6-15-14(12)19/h12H,3-8H2,1-2H3,(H,15,19)(H,16,18). The fraction of sp³-hybridized carbons (Fsp3) is 0.643. The minimum atomic E-state index is -3.67. The highest BCUT2D eigenvalue weighted by Gasteiger charge is 2.26. The van der Waals surface area contributed by atoms with Crippen molar-refractivity contribution in [2.45, 2.75) is 44.9 Å². The number of amides is 2. The molecule has 1 saturated heterocycles. The molecule has 9 heteroatoms. The lowest BCUT2D eigenvalue weighted by atomic mass is 10.1. The van der Waals surface area contributed by atoms with E-state index < -0.39 is 27.5 Å². The molecule has 1 fully saturated rings. The molecule has 0 aliphatic carbocycles. The monoisotopic (exact) mass is 343 g/mol. The van der Waals surface area contributed by atoms with Crippen LogP contribution in [0.25, 0.3) is 0 Å². The molecule has 0 radical (unpaired) electrons. The lowest BCUT2D eigenvalue weighted by Gasteiger charge is -2.15. The number of rotatable bonds is 5. The maximum atomic E-state index is 12.2. The van der Waals surface area contributed by atoms with Crippen molar-refractivity contribution in [1.29, 1.82) is 0 Å². The Morgan fingerprint density at radius 1 is 1.39 bits per heavy atom. The third-order valence-electron chi connectivity index (χ3n) is 3.77. The van der Waals surface area contributed by atoms with Crippen LogP contribution in [0.4, 0.5) is 0 Å². The van der Waals surface area contributed by atoms with E-state index in [0.29, 0.717) is 30.0 Å². The predicted molar refractivity (Wildman–Crippen MR) is 82.3 cm³/mol. The van der Waals surface area contributed by atoms with Gasteiger partial charge < -0.3 is 15.2 Å². The number of sulfone groups is 1. The Morgan fingerprint density at radius 3 is 2.78 bits per heavy atom. The van der Waals surface area contributed by atoms with Crippen molar-refractivity contribution in [3.05, 3.63) is 17.0 Å². The predicted octanol–water partition coefficient (Wildman–Crippen LogP) is -0.00886. The number of aromatic nitrogens is 1. The van der Waals surface area contributed by atoms with Crippen LogP contribution in [0.1, 0.15) is 36.3 Å². The molecule has 0 saturated carbocycles. The molecule has 2 heterocycles. The summed E-state index contributed by atoms with van der Waals surface area (Å²) >= 11 is 0. The first kappa shape index (κ1) is 17.5. The third kappa shape index (κ3) is 4.78. The Kier molecular flexibility index (Phi) is 5.40. The highest BCUT2D eigenvalue weighted by Crippen LogP contribution is 2.16. The van der Waals surface area contributed by atoms with Crippen molar-refractivity contribution < 1.29 is 22.5 Å². The summed E-state index contributed by atoms with van der Waals surface area (Å²) in [5, 5.41) is 8.90. The van der Waals surface area contributed by atoms with Crippen molar-refractivity contribution in [3.8, 4) is 0 Å². The Hall–Kier alpha value is -1.90. The van der Waals surface area contributed by atoms with Crippen molar-refractivity contribution in [2.75, 3.05) is 12.3 Å². The number of hydrogen-bond donors (Lipinski definition) is 2. The van der Waals surface area contributed by atoms with E-state index in [-0.39, 0.29) is 11.7 Å². The highest BCUT2D eigenvalue weighted by molar-refractivity contribution is 7.91.